The lowest BCUT2D eigenvalue weighted by Crippen LogP contribution is -2.36. The van der Waals surface area contributed by atoms with E-state index in [1.807, 2.05) is 6.07 Å². The van der Waals surface area contributed by atoms with Crippen LogP contribution in [-0.4, -0.2) is 54.1 Å². The second-order valence-corrected chi connectivity index (χ2v) is 7.90. The molecule has 7 heteroatoms. The van der Waals surface area contributed by atoms with Crippen molar-refractivity contribution in [2.45, 2.75) is 50.7 Å². The highest BCUT2D eigenvalue weighted by molar-refractivity contribution is 5.43. The first-order valence-corrected chi connectivity index (χ1v) is 10.4. The van der Waals surface area contributed by atoms with Crippen molar-refractivity contribution >= 4 is 0 Å². The summed E-state index contributed by atoms with van der Waals surface area (Å²) in [6, 6.07) is 6.26. The monoisotopic (exact) mass is 385 g/mol. The number of nitrogens with zero attached hydrogens (tertiary/aromatic N) is 3. The standard InChI is InChI=1S/C21H27N3O4/c1-4-18-19(27-12-11-26-18)13-15(1)14-24-8-5-17(6-9-24)25-10-7-20-22-21(28-23-20)16-2-3-16/h1,4,13,16-17H,2-3,5-12,14H2. The van der Waals surface area contributed by atoms with Crippen molar-refractivity contribution in [3.63, 3.8) is 0 Å². The zero-order chi connectivity index (χ0) is 18.8. The Bertz CT molecular complexity index is 797. The fourth-order valence-electron chi connectivity index (χ4n) is 3.86. The van der Waals surface area contributed by atoms with Gasteiger partial charge >= 0.3 is 0 Å². The third-order valence-corrected chi connectivity index (χ3v) is 5.64. The van der Waals surface area contributed by atoms with Crippen LogP contribution in [0.2, 0.25) is 0 Å². The maximum Gasteiger partial charge on any atom is 0.229 e. The van der Waals surface area contributed by atoms with E-state index in [0.29, 0.717) is 31.8 Å². The van der Waals surface area contributed by atoms with Gasteiger partial charge in [-0.15, -0.1) is 0 Å². The Hall–Kier alpha value is -2.12. The van der Waals surface area contributed by atoms with Crippen molar-refractivity contribution in [2.24, 2.45) is 0 Å². The molecule has 3 heterocycles. The van der Waals surface area contributed by atoms with Crippen LogP contribution < -0.4 is 9.47 Å². The molecule has 0 N–H and O–H groups in total. The van der Waals surface area contributed by atoms with Crippen molar-refractivity contribution in [1.82, 2.24) is 15.0 Å². The summed E-state index contributed by atoms with van der Waals surface area (Å²) < 4.78 is 22.6. The summed E-state index contributed by atoms with van der Waals surface area (Å²) in [7, 11) is 0. The maximum absolute atomic E-state index is 6.06. The van der Waals surface area contributed by atoms with Gasteiger partial charge in [0.05, 0.1) is 12.7 Å². The van der Waals surface area contributed by atoms with Gasteiger partial charge in [-0.1, -0.05) is 11.2 Å². The number of rotatable bonds is 7. The minimum atomic E-state index is 0.325. The van der Waals surface area contributed by atoms with Crippen LogP contribution in [0.3, 0.4) is 0 Å². The lowest BCUT2D eigenvalue weighted by molar-refractivity contribution is 0.00673. The molecule has 2 fully saturated rings. The van der Waals surface area contributed by atoms with Crippen LogP contribution in [0.1, 0.15) is 48.9 Å². The molecular formula is C21H27N3O4. The Morgan fingerprint density at radius 3 is 2.68 bits per heavy atom. The zero-order valence-corrected chi connectivity index (χ0v) is 16.1. The number of benzene rings is 1. The fraction of sp³-hybridized carbons (Fsp3) is 0.619. The van der Waals surface area contributed by atoms with Gasteiger partial charge in [0, 0.05) is 32.0 Å². The summed E-state index contributed by atoms with van der Waals surface area (Å²) in [4.78, 5) is 6.94. The number of piperidine rings is 1. The molecule has 0 atom stereocenters. The van der Waals surface area contributed by atoms with Crippen molar-refractivity contribution < 1.29 is 18.7 Å². The molecule has 28 heavy (non-hydrogen) atoms. The highest BCUT2D eigenvalue weighted by atomic mass is 16.6. The quantitative estimate of drug-likeness (QED) is 0.726. The Kier molecular flexibility index (Phi) is 5.18. The Balaban J connectivity index is 1.04. The minimum absolute atomic E-state index is 0.325. The van der Waals surface area contributed by atoms with Crippen molar-refractivity contribution in [3.8, 4) is 11.5 Å². The van der Waals surface area contributed by atoms with Gasteiger partial charge < -0.3 is 18.7 Å². The van der Waals surface area contributed by atoms with Gasteiger partial charge in [-0.3, -0.25) is 4.90 Å². The Labute approximate surface area is 165 Å². The van der Waals surface area contributed by atoms with E-state index in [0.717, 1.165) is 62.1 Å². The van der Waals surface area contributed by atoms with Crippen molar-refractivity contribution in [3.05, 3.63) is 35.5 Å². The molecule has 1 aliphatic carbocycles. The molecule has 1 aromatic carbocycles. The molecule has 0 radical (unpaired) electrons. The molecule has 150 valence electrons. The van der Waals surface area contributed by atoms with Gasteiger partial charge in [0.1, 0.15) is 13.2 Å². The number of fused-ring (bicyclic) bond motifs is 1. The molecule has 1 saturated carbocycles. The summed E-state index contributed by atoms with van der Waals surface area (Å²) in [5, 5.41) is 4.06. The van der Waals surface area contributed by atoms with E-state index in [-0.39, 0.29) is 0 Å². The highest BCUT2D eigenvalue weighted by Gasteiger charge is 2.29. The third kappa shape index (κ3) is 4.31. The minimum Gasteiger partial charge on any atom is -0.486 e. The Morgan fingerprint density at radius 2 is 1.86 bits per heavy atom. The van der Waals surface area contributed by atoms with Gasteiger partial charge in [0.2, 0.25) is 5.89 Å². The van der Waals surface area contributed by atoms with Gasteiger partial charge in [-0.25, -0.2) is 0 Å². The van der Waals surface area contributed by atoms with E-state index in [1.54, 1.807) is 0 Å². The summed E-state index contributed by atoms with van der Waals surface area (Å²) >= 11 is 0. The lowest BCUT2D eigenvalue weighted by Gasteiger charge is -2.32. The molecule has 0 unspecified atom stereocenters. The first-order valence-electron chi connectivity index (χ1n) is 10.4. The van der Waals surface area contributed by atoms with Crippen molar-refractivity contribution in [2.75, 3.05) is 32.9 Å². The molecule has 2 aliphatic heterocycles. The molecule has 0 spiro atoms. The second-order valence-electron chi connectivity index (χ2n) is 7.90. The normalized spacial score (nSPS) is 20.4. The first kappa shape index (κ1) is 17.9. The summed E-state index contributed by atoms with van der Waals surface area (Å²) in [6.45, 7) is 4.96. The Morgan fingerprint density at radius 1 is 1.04 bits per heavy atom. The molecule has 3 aliphatic rings. The van der Waals surface area contributed by atoms with Crippen LogP contribution in [0.15, 0.2) is 22.7 Å². The predicted molar refractivity (Wildman–Crippen MR) is 102 cm³/mol. The van der Waals surface area contributed by atoms with Crippen LogP contribution in [-0.2, 0) is 17.7 Å². The van der Waals surface area contributed by atoms with E-state index in [4.69, 9.17) is 18.7 Å². The predicted octanol–water partition coefficient (Wildman–Crippen LogP) is 2.94. The average molecular weight is 385 g/mol. The molecule has 1 saturated heterocycles. The number of aromatic nitrogens is 2. The van der Waals surface area contributed by atoms with E-state index >= 15 is 0 Å². The number of ether oxygens (including phenoxy) is 3. The maximum atomic E-state index is 6.06. The molecule has 5 rings (SSSR count). The van der Waals surface area contributed by atoms with Gasteiger partial charge in [0.25, 0.3) is 0 Å². The summed E-state index contributed by atoms with van der Waals surface area (Å²) in [5.41, 5.74) is 1.27. The van der Waals surface area contributed by atoms with E-state index in [1.165, 1.54) is 18.4 Å². The fourth-order valence-corrected chi connectivity index (χ4v) is 3.86. The molecule has 0 amide bonds. The average Bonchev–Trinajstić information content (AvgIpc) is 3.48. The van der Waals surface area contributed by atoms with Crippen LogP contribution in [0.4, 0.5) is 0 Å². The summed E-state index contributed by atoms with van der Waals surface area (Å²) in [5.74, 6) is 3.82. The number of likely N-dealkylation sites (tertiary alicyclic amines) is 1. The van der Waals surface area contributed by atoms with E-state index in [9.17, 15) is 0 Å². The van der Waals surface area contributed by atoms with Crippen LogP contribution in [0, 0.1) is 0 Å². The first-order chi connectivity index (χ1) is 13.8. The molecular weight excluding hydrogens is 358 g/mol. The lowest BCUT2D eigenvalue weighted by atomic mass is 10.1. The second kappa shape index (κ2) is 8.09. The number of hydrogen-bond acceptors (Lipinski definition) is 7. The van der Waals surface area contributed by atoms with Gasteiger partial charge in [-0.05, 0) is 43.4 Å². The summed E-state index contributed by atoms with van der Waals surface area (Å²) in [6.07, 6.45) is 5.54. The number of hydrogen-bond donors (Lipinski definition) is 0. The zero-order valence-electron chi connectivity index (χ0n) is 16.1. The molecule has 0 bridgehead atoms. The van der Waals surface area contributed by atoms with Crippen LogP contribution in [0.5, 0.6) is 11.5 Å². The molecule has 1 aromatic heterocycles. The highest BCUT2D eigenvalue weighted by Crippen LogP contribution is 2.38. The third-order valence-electron chi connectivity index (χ3n) is 5.64. The van der Waals surface area contributed by atoms with Crippen molar-refractivity contribution in [1.29, 1.82) is 0 Å². The van der Waals surface area contributed by atoms with E-state index in [2.05, 4.69) is 27.2 Å². The molecule has 7 nitrogen and oxygen atoms in total. The molecule has 2 aromatic rings. The van der Waals surface area contributed by atoms with E-state index < -0.39 is 0 Å². The largest absolute Gasteiger partial charge is 0.486 e. The van der Waals surface area contributed by atoms with Gasteiger partial charge in [0.15, 0.2) is 17.3 Å². The topological polar surface area (TPSA) is 69.9 Å². The van der Waals surface area contributed by atoms with Gasteiger partial charge in [-0.2, -0.15) is 4.98 Å². The van der Waals surface area contributed by atoms with Crippen LogP contribution in [0.25, 0.3) is 0 Å². The smallest absolute Gasteiger partial charge is 0.229 e. The van der Waals surface area contributed by atoms with Crippen LogP contribution >= 0.6 is 0 Å². The SMILES string of the molecule is c1cc2c(cc1CN1CCC(OCCc3noc(C4CC4)n3)CC1)OCCO2.